The molecule has 1 atom stereocenters. The Morgan fingerprint density at radius 1 is 1.12 bits per heavy atom. The quantitative estimate of drug-likeness (QED) is 0.696. The van der Waals surface area contributed by atoms with E-state index in [1.807, 2.05) is 12.1 Å². The summed E-state index contributed by atoms with van der Waals surface area (Å²) in [5.74, 6) is -0.318. The molecule has 0 aromatic heterocycles. The molecule has 0 aliphatic carbocycles. The Balaban J connectivity index is 1.50. The number of primary sulfonamides is 1. The first-order valence-corrected chi connectivity index (χ1v) is 9.67. The van der Waals surface area contributed by atoms with Crippen molar-refractivity contribution in [1.82, 2.24) is 10.6 Å². The molecule has 1 aliphatic heterocycles. The van der Waals surface area contributed by atoms with E-state index in [9.17, 15) is 18.0 Å². The van der Waals surface area contributed by atoms with E-state index in [1.54, 1.807) is 24.3 Å². The summed E-state index contributed by atoms with van der Waals surface area (Å²) in [6.45, 7) is 0.413. The Hall–Kier alpha value is -2.71. The molecular formula is C18H19N3O4S. The topological polar surface area (TPSA) is 118 Å². The molecule has 2 aromatic rings. The van der Waals surface area contributed by atoms with Crippen molar-refractivity contribution in [1.29, 1.82) is 0 Å². The van der Waals surface area contributed by atoms with Gasteiger partial charge in [-0.3, -0.25) is 9.59 Å². The van der Waals surface area contributed by atoms with Crippen molar-refractivity contribution in [2.45, 2.75) is 23.8 Å². The van der Waals surface area contributed by atoms with Crippen LogP contribution >= 0.6 is 0 Å². The number of hydrogen-bond acceptors (Lipinski definition) is 4. The lowest BCUT2D eigenvalue weighted by molar-refractivity contribution is -0.121. The molecular weight excluding hydrogens is 354 g/mol. The number of amides is 2. The van der Waals surface area contributed by atoms with Crippen LogP contribution in [0.4, 0.5) is 0 Å². The van der Waals surface area contributed by atoms with Crippen LogP contribution in [0.25, 0.3) is 0 Å². The van der Waals surface area contributed by atoms with Gasteiger partial charge in [0.1, 0.15) is 0 Å². The van der Waals surface area contributed by atoms with Gasteiger partial charge in [-0.05, 0) is 35.7 Å². The van der Waals surface area contributed by atoms with Crippen molar-refractivity contribution < 1.29 is 18.0 Å². The van der Waals surface area contributed by atoms with Gasteiger partial charge in [-0.25, -0.2) is 13.6 Å². The lowest BCUT2D eigenvalue weighted by Gasteiger charge is -2.12. The summed E-state index contributed by atoms with van der Waals surface area (Å²) in [4.78, 5) is 24.0. The molecule has 2 aromatic carbocycles. The molecule has 0 spiro atoms. The lowest BCUT2D eigenvalue weighted by atomic mass is 10.0. The molecule has 3 rings (SSSR count). The van der Waals surface area contributed by atoms with E-state index in [0.717, 1.165) is 11.1 Å². The number of rotatable bonds is 6. The third-order valence-corrected chi connectivity index (χ3v) is 5.19. The zero-order chi connectivity index (χ0) is 18.7. The first-order valence-electron chi connectivity index (χ1n) is 8.13. The maximum absolute atomic E-state index is 12.1. The summed E-state index contributed by atoms with van der Waals surface area (Å²) in [6, 6.07) is 13.1. The third kappa shape index (κ3) is 4.09. The summed E-state index contributed by atoms with van der Waals surface area (Å²) in [6.07, 6.45) is 0.733. The predicted octanol–water partition coefficient (Wildman–Crippen LogP) is 0.867. The van der Waals surface area contributed by atoms with Crippen molar-refractivity contribution in [3.63, 3.8) is 0 Å². The van der Waals surface area contributed by atoms with Crippen LogP contribution in [-0.4, -0.2) is 26.8 Å². The molecule has 1 aliphatic rings. The molecule has 136 valence electrons. The minimum absolute atomic E-state index is 0.0564. The largest absolute Gasteiger partial charge is 0.356 e. The fourth-order valence-electron chi connectivity index (χ4n) is 2.93. The van der Waals surface area contributed by atoms with E-state index in [0.29, 0.717) is 18.5 Å². The van der Waals surface area contributed by atoms with E-state index in [4.69, 9.17) is 5.14 Å². The van der Waals surface area contributed by atoms with Gasteiger partial charge in [-0.1, -0.05) is 30.3 Å². The molecule has 26 heavy (non-hydrogen) atoms. The van der Waals surface area contributed by atoms with Crippen LogP contribution in [0, 0.1) is 0 Å². The monoisotopic (exact) mass is 373 g/mol. The Morgan fingerprint density at radius 2 is 1.81 bits per heavy atom. The first-order chi connectivity index (χ1) is 12.3. The molecule has 4 N–H and O–H groups in total. The van der Waals surface area contributed by atoms with Crippen LogP contribution in [-0.2, 0) is 21.2 Å². The highest BCUT2D eigenvalue weighted by Gasteiger charge is 2.29. The average Bonchev–Trinajstić information content (AvgIpc) is 2.91. The van der Waals surface area contributed by atoms with Gasteiger partial charge in [-0.2, -0.15) is 0 Å². The minimum Gasteiger partial charge on any atom is -0.356 e. The van der Waals surface area contributed by atoms with E-state index >= 15 is 0 Å². The average molecular weight is 373 g/mol. The van der Waals surface area contributed by atoms with Crippen molar-refractivity contribution in [3.05, 3.63) is 65.2 Å². The second-order valence-corrected chi connectivity index (χ2v) is 7.67. The molecule has 0 saturated heterocycles. The van der Waals surface area contributed by atoms with E-state index in [-0.39, 0.29) is 29.2 Å². The predicted molar refractivity (Wildman–Crippen MR) is 95.8 cm³/mol. The number of carbonyl (C=O) groups excluding carboxylic acids is 2. The van der Waals surface area contributed by atoms with Gasteiger partial charge in [0.2, 0.25) is 15.9 Å². The highest BCUT2D eigenvalue weighted by Crippen LogP contribution is 2.27. The standard InChI is InChI=1S/C18H19N3O4S/c19-26(24,25)13-7-5-12(6-8-13)9-10-20-17(22)11-16-14-3-1-2-4-15(14)18(23)21-16/h1-8,16H,9-11H2,(H,20,22)(H,21,23)(H2,19,24,25). The van der Waals surface area contributed by atoms with Crippen LogP contribution in [0.15, 0.2) is 53.4 Å². The second-order valence-electron chi connectivity index (χ2n) is 6.11. The first kappa shape index (κ1) is 18.1. The van der Waals surface area contributed by atoms with Gasteiger partial charge in [0.25, 0.3) is 5.91 Å². The van der Waals surface area contributed by atoms with Gasteiger partial charge < -0.3 is 10.6 Å². The summed E-state index contributed by atoms with van der Waals surface area (Å²) >= 11 is 0. The molecule has 0 saturated carbocycles. The van der Waals surface area contributed by atoms with Crippen molar-refractivity contribution in [2.24, 2.45) is 5.14 Å². The van der Waals surface area contributed by atoms with Crippen molar-refractivity contribution >= 4 is 21.8 Å². The number of benzene rings is 2. The van der Waals surface area contributed by atoms with E-state index in [2.05, 4.69) is 10.6 Å². The smallest absolute Gasteiger partial charge is 0.252 e. The molecule has 1 unspecified atom stereocenters. The molecule has 2 amide bonds. The summed E-state index contributed by atoms with van der Waals surface area (Å²) in [5.41, 5.74) is 2.34. The SMILES string of the molecule is NS(=O)(=O)c1ccc(CCNC(=O)CC2NC(=O)c3ccccc32)cc1. The number of nitrogens with one attached hydrogen (secondary N) is 2. The number of sulfonamides is 1. The highest BCUT2D eigenvalue weighted by molar-refractivity contribution is 7.89. The third-order valence-electron chi connectivity index (χ3n) is 4.26. The Bertz CT molecular complexity index is 939. The molecule has 0 radical (unpaired) electrons. The number of carbonyl (C=O) groups is 2. The summed E-state index contributed by atoms with van der Waals surface area (Å²) in [5, 5.41) is 10.7. The van der Waals surface area contributed by atoms with Gasteiger partial charge in [-0.15, -0.1) is 0 Å². The maximum Gasteiger partial charge on any atom is 0.252 e. The molecule has 1 heterocycles. The fourth-order valence-corrected chi connectivity index (χ4v) is 3.45. The molecule has 7 nitrogen and oxygen atoms in total. The lowest BCUT2D eigenvalue weighted by Crippen LogP contribution is -2.30. The van der Waals surface area contributed by atoms with Crippen LogP contribution in [0.5, 0.6) is 0 Å². The van der Waals surface area contributed by atoms with Gasteiger partial charge in [0.05, 0.1) is 17.4 Å². The summed E-state index contributed by atoms with van der Waals surface area (Å²) < 4.78 is 22.4. The second kappa shape index (κ2) is 7.27. The fraction of sp³-hybridized carbons (Fsp3) is 0.222. The van der Waals surface area contributed by atoms with Crippen LogP contribution in [0.2, 0.25) is 0 Å². The summed E-state index contributed by atoms with van der Waals surface area (Å²) in [7, 11) is -3.70. The Morgan fingerprint density at radius 3 is 2.50 bits per heavy atom. The zero-order valence-electron chi connectivity index (χ0n) is 13.9. The Kier molecular flexibility index (Phi) is 5.06. The number of nitrogens with two attached hydrogens (primary N) is 1. The van der Waals surface area contributed by atoms with E-state index in [1.165, 1.54) is 12.1 Å². The number of hydrogen-bond donors (Lipinski definition) is 3. The van der Waals surface area contributed by atoms with Gasteiger partial charge in [0, 0.05) is 12.1 Å². The van der Waals surface area contributed by atoms with Gasteiger partial charge >= 0.3 is 0 Å². The molecule has 0 bridgehead atoms. The zero-order valence-corrected chi connectivity index (χ0v) is 14.8. The normalized spacial score (nSPS) is 16.0. The number of fused-ring (bicyclic) bond motifs is 1. The Labute approximate surface area is 151 Å². The van der Waals surface area contributed by atoms with E-state index < -0.39 is 10.0 Å². The van der Waals surface area contributed by atoms with Crippen molar-refractivity contribution in [3.8, 4) is 0 Å². The van der Waals surface area contributed by atoms with Crippen LogP contribution in [0.1, 0.15) is 33.9 Å². The maximum atomic E-state index is 12.1. The highest BCUT2D eigenvalue weighted by atomic mass is 32.2. The van der Waals surface area contributed by atoms with Crippen LogP contribution in [0.3, 0.4) is 0 Å². The molecule has 8 heteroatoms. The minimum atomic E-state index is -3.70. The molecule has 0 fully saturated rings. The van der Waals surface area contributed by atoms with Gasteiger partial charge in [0.15, 0.2) is 0 Å². The van der Waals surface area contributed by atoms with Crippen molar-refractivity contribution in [2.75, 3.05) is 6.54 Å². The van der Waals surface area contributed by atoms with Crippen LogP contribution < -0.4 is 15.8 Å².